The van der Waals surface area contributed by atoms with Crippen LogP contribution in [0.4, 0.5) is 0 Å². The van der Waals surface area contributed by atoms with Gasteiger partial charge in [0.1, 0.15) is 11.5 Å². The Hall–Kier alpha value is -1.06. The summed E-state index contributed by atoms with van der Waals surface area (Å²) in [6.07, 6.45) is 0. The summed E-state index contributed by atoms with van der Waals surface area (Å²) in [4.78, 5) is 0. The molecule has 0 aliphatic heterocycles. The zero-order chi connectivity index (χ0) is 13.4. The van der Waals surface area contributed by atoms with Crippen molar-refractivity contribution in [3.8, 4) is 0 Å². The van der Waals surface area contributed by atoms with Crippen LogP contribution in [0.25, 0.3) is 0 Å². The summed E-state index contributed by atoms with van der Waals surface area (Å²) in [5.41, 5.74) is 11.1. The highest BCUT2D eigenvalue weighted by Gasteiger charge is 2.19. The van der Waals surface area contributed by atoms with Crippen LogP contribution in [0.5, 0.6) is 0 Å². The molecular weight excluding hydrogens is 290 g/mol. The lowest BCUT2D eigenvalue weighted by atomic mass is 9.93. The van der Waals surface area contributed by atoms with Gasteiger partial charge in [0.2, 0.25) is 0 Å². The van der Waals surface area contributed by atoms with E-state index in [4.69, 9.17) is 10.2 Å². The molecule has 0 aliphatic carbocycles. The first-order chi connectivity index (χ1) is 8.41. The number of hydrogen-bond acceptors (Lipinski definition) is 2. The van der Waals surface area contributed by atoms with Crippen LogP contribution >= 0.6 is 15.9 Å². The molecule has 0 spiro atoms. The highest BCUT2D eigenvalue weighted by Crippen LogP contribution is 2.33. The summed E-state index contributed by atoms with van der Waals surface area (Å²) >= 11 is 3.62. The Balaban J connectivity index is 2.54. The van der Waals surface area contributed by atoms with E-state index in [-0.39, 0.29) is 6.04 Å². The van der Waals surface area contributed by atoms with Crippen LogP contribution in [0.2, 0.25) is 0 Å². The lowest BCUT2D eigenvalue weighted by Gasteiger charge is -2.18. The van der Waals surface area contributed by atoms with Crippen molar-refractivity contribution in [2.45, 2.75) is 33.7 Å². The van der Waals surface area contributed by atoms with Crippen LogP contribution in [0, 0.1) is 27.7 Å². The maximum Gasteiger partial charge on any atom is 0.125 e. The minimum Gasteiger partial charge on any atom is -0.464 e. The van der Waals surface area contributed by atoms with Crippen molar-refractivity contribution < 1.29 is 4.42 Å². The smallest absolute Gasteiger partial charge is 0.125 e. The van der Waals surface area contributed by atoms with Crippen LogP contribution in [0.1, 0.15) is 39.8 Å². The molecule has 0 aliphatic rings. The lowest BCUT2D eigenvalue weighted by molar-refractivity contribution is 0.465. The SMILES string of the molecule is Cc1ccc(C(N)c2c(C)cc(C)c(Br)c2C)o1. The van der Waals surface area contributed by atoms with Gasteiger partial charge in [-0.05, 0) is 62.1 Å². The third kappa shape index (κ3) is 2.25. The molecule has 0 amide bonds. The van der Waals surface area contributed by atoms with Crippen molar-refractivity contribution in [1.29, 1.82) is 0 Å². The fraction of sp³-hybridized carbons (Fsp3) is 0.333. The Bertz CT molecular complexity index is 586. The molecule has 2 aromatic rings. The van der Waals surface area contributed by atoms with Crippen molar-refractivity contribution in [3.63, 3.8) is 0 Å². The quantitative estimate of drug-likeness (QED) is 0.897. The van der Waals surface area contributed by atoms with E-state index in [1.807, 2.05) is 19.1 Å². The third-order valence-corrected chi connectivity index (χ3v) is 4.54. The number of halogens is 1. The maximum absolute atomic E-state index is 6.34. The highest BCUT2D eigenvalue weighted by molar-refractivity contribution is 9.10. The maximum atomic E-state index is 6.34. The largest absolute Gasteiger partial charge is 0.464 e. The Morgan fingerprint density at radius 3 is 2.33 bits per heavy atom. The number of benzene rings is 1. The van der Waals surface area contributed by atoms with E-state index in [1.54, 1.807) is 0 Å². The molecule has 1 aromatic carbocycles. The molecular formula is C15H18BrNO. The molecule has 18 heavy (non-hydrogen) atoms. The molecule has 2 nitrogen and oxygen atoms in total. The van der Waals surface area contributed by atoms with Gasteiger partial charge in [-0.3, -0.25) is 0 Å². The van der Waals surface area contributed by atoms with Crippen LogP contribution in [0.15, 0.2) is 27.1 Å². The van der Waals surface area contributed by atoms with Gasteiger partial charge in [0.15, 0.2) is 0 Å². The van der Waals surface area contributed by atoms with Crippen molar-refractivity contribution in [2.75, 3.05) is 0 Å². The van der Waals surface area contributed by atoms with Gasteiger partial charge in [-0.25, -0.2) is 0 Å². The summed E-state index contributed by atoms with van der Waals surface area (Å²) in [6.45, 7) is 8.21. The average molecular weight is 308 g/mol. The van der Waals surface area contributed by atoms with Crippen molar-refractivity contribution in [3.05, 3.63) is 56.4 Å². The molecule has 3 heteroatoms. The van der Waals surface area contributed by atoms with E-state index in [2.05, 4.69) is 42.8 Å². The van der Waals surface area contributed by atoms with Crippen LogP contribution in [0.3, 0.4) is 0 Å². The van der Waals surface area contributed by atoms with Gasteiger partial charge in [0.25, 0.3) is 0 Å². The standard InChI is InChI=1S/C15H18BrNO/c1-8-7-9(2)14(16)11(4)13(8)15(17)12-6-5-10(3)18-12/h5-7,15H,17H2,1-4H3. The van der Waals surface area contributed by atoms with Gasteiger partial charge in [-0.15, -0.1) is 0 Å². The van der Waals surface area contributed by atoms with Crippen molar-refractivity contribution >= 4 is 15.9 Å². The predicted octanol–water partition coefficient (Wildman–Crippen LogP) is 4.32. The minimum atomic E-state index is -0.212. The molecule has 1 unspecified atom stereocenters. The molecule has 2 rings (SSSR count). The van der Waals surface area contributed by atoms with Crippen molar-refractivity contribution in [1.82, 2.24) is 0 Å². The van der Waals surface area contributed by atoms with E-state index in [9.17, 15) is 0 Å². The Kier molecular flexibility index (Phi) is 3.64. The first-order valence-electron chi connectivity index (χ1n) is 6.00. The normalized spacial score (nSPS) is 12.8. The Labute approximate surface area is 116 Å². The fourth-order valence-corrected chi connectivity index (χ4v) is 2.75. The molecule has 0 radical (unpaired) electrons. The second kappa shape index (κ2) is 4.90. The van der Waals surface area contributed by atoms with E-state index < -0.39 is 0 Å². The summed E-state index contributed by atoms with van der Waals surface area (Å²) in [5.74, 6) is 1.70. The molecule has 1 aromatic heterocycles. The summed E-state index contributed by atoms with van der Waals surface area (Å²) in [5, 5.41) is 0. The summed E-state index contributed by atoms with van der Waals surface area (Å²) in [6, 6.07) is 5.84. The first kappa shape index (κ1) is 13.4. The van der Waals surface area contributed by atoms with Crippen LogP contribution < -0.4 is 5.73 Å². The number of aryl methyl sites for hydroxylation is 3. The van der Waals surface area contributed by atoms with Gasteiger partial charge in [0, 0.05) is 4.47 Å². The lowest BCUT2D eigenvalue weighted by Crippen LogP contribution is -2.14. The molecule has 2 N–H and O–H groups in total. The molecule has 96 valence electrons. The molecule has 1 atom stereocenters. The average Bonchev–Trinajstić information content (AvgIpc) is 2.73. The fourth-order valence-electron chi connectivity index (χ4n) is 2.42. The molecule has 0 saturated carbocycles. The zero-order valence-corrected chi connectivity index (χ0v) is 12.8. The molecule has 0 saturated heterocycles. The van der Waals surface area contributed by atoms with Gasteiger partial charge in [0.05, 0.1) is 6.04 Å². The number of hydrogen-bond donors (Lipinski definition) is 1. The summed E-state index contributed by atoms with van der Waals surface area (Å²) in [7, 11) is 0. The predicted molar refractivity (Wildman–Crippen MR) is 77.8 cm³/mol. The van der Waals surface area contributed by atoms with Gasteiger partial charge in [-0.2, -0.15) is 0 Å². The van der Waals surface area contributed by atoms with Crippen LogP contribution in [-0.4, -0.2) is 0 Å². The molecule has 1 heterocycles. The second-order valence-corrected chi connectivity index (χ2v) is 5.58. The highest BCUT2D eigenvalue weighted by atomic mass is 79.9. The Morgan fingerprint density at radius 2 is 1.78 bits per heavy atom. The molecule has 0 bridgehead atoms. The number of rotatable bonds is 2. The second-order valence-electron chi connectivity index (χ2n) is 4.79. The van der Waals surface area contributed by atoms with Crippen molar-refractivity contribution in [2.24, 2.45) is 5.73 Å². The molecule has 0 fully saturated rings. The van der Waals surface area contributed by atoms with Crippen LogP contribution in [-0.2, 0) is 0 Å². The summed E-state index contributed by atoms with van der Waals surface area (Å²) < 4.78 is 6.77. The topological polar surface area (TPSA) is 39.2 Å². The van der Waals surface area contributed by atoms with E-state index in [0.717, 1.165) is 21.6 Å². The van der Waals surface area contributed by atoms with E-state index in [1.165, 1.54) is 16.7 Å². The monoisotopic (exact) mass is 307 g/mol. The minimum absolute atomic E-state index is 0.212. The first-order valence-corrected chi connectivity index (χ1v) is 6.79. The number of furan rings is 1. The zero-order valence-electron chi connectivity index (χ0n) is 11.2. The Morgan fingerprint density at radius 1 is 1.11 bits per heavy atom. The number of nitrogens with two attached hydrogens (primary N) is 1. The van der Waals surface area contributed by atoms with Gasteiger partial charge < -0.3 is 10.2 Å². The van der Waals surface area contributed by atoms with E-state index in [0.29, 0.717) is 0 Å². The van der Waals surface area contributed by atoms with E-state index >= 15 is 0 Å². The van der Waals surface area contributed by atoms with Gasteiger partial charge in [-0.1, -0.05) is 22.0 Å². The van der Waals surface area contributed by atoms with Gasteiger partial charge >= 0.3 is 0 Å². The third-order valence-electron chi connectivity index (χ3n) is 3.32.